The van der Waals surface area contributed by atoms with Gasteiger partial charge < -0.3 is 9.88 Å². The van der Waals surface area contributed by atoms with Gasteiger partial charge >= 0.3 is 0 Å². The molecule has 0 aliphatic carbocycles. The number of pyridine rings is 1. The van der Waals surface area contributed by atoms with Crippen molar-refractivity contribution in [1.82, 2.24) is 19.5 Å². The smallest absolute Gasteiger partial charge is 0.227 e. The number of nitrogens with one attached hydrogen (secondary N) is 1. The van der Waals surface area contributed by atoms with E-state index in [4.69, 9.17) is 23.8 Å². The molecule has 0 fully saturated rings. The maximum atomic E-state index is 6.06. The summed E-state index contributed by atoms with van der Waals surface area (Å²) >= 11 is 11.3. The van der Waals surface area contributed by atoms with Gasteiger partial charge in [0.1, 0.15) is 6.33 Å². The molecule has 0 aliphatic rings. The maximum absolute atomic E-state index is 6.06. The summed E-state index contributed by atoms with van der Waals surface area (Å²) in [6, 6.07) is 3.84. The number of rotatable bonds is 4. The molecule has 2 rings (SSSR count). The van der Waals surface area contributed by atoms with Gasteiger partial charge in [-0.05, 0) is 38.2 Å². The van der Waals surface area contributed by atoms with Gasteiger partial charge in [0.05, 0.1) is 17.3 Å². The SMILES string of the molecule is CC(C)Nc1ncn(Cc2ncccc2Cl)c(=S)n1. The van der Waals surface area contributed by atoms with E-state index in [9.17, 15) is 0 Å². The summed E-state index contributed by atoms with van der Waals surface area (Å²) in [4.78, 5) is 12.6. The van der Waals surface area contributed by atoms with Crippen molar-refractivity contribution >= 4 is 29.8 Å². The van der Waals surface area contributed by atoms with E-state index >= 15 is 0 Å². The summed E-state index contributed by atoms with van der Waals surface area (Å²) in [5.41, 5.74) is 0.744. The summed E-state index contributed by atoms with van der Waals surface area (Å²) in [6.07, 6.45) is 3.34. The van der Waals surface area contributed by atoms with Crippen molar-refractivity contribution in [3.8, 4) is 0 Å². The molecule has 5 nitrogen and oxygen atoms in total. The van der Waals surface area contributed by atoms with Crippen LogP contribution in [-0.4, -0.2) is 25.6 Å². The third-order valence-electron chi connectivity index (χ3n) is 2.34. The molecule has 100 valence electrons. The van der Waals surface area contributed by atoms with E-state index in [1.165, 1.54) is 0 Å². The Balaban J connectivity index is 2.23. The lowest BCUT2D eigenvalue weighted by Gasteiger charge is -2.10. The Labute approximate surface area is 121 Å². The molecule has 0 unspecified atom stereocenters. The van der Waals surface area contributed by atoms with Crippen molar-refractivity contribution in [3.63, 3.8) is 0 Å². The first kappa shape index (κ1) is 13.9. The second kappa shape index (κ2) is 6.08. The van der Waals surface area contributed by atoms with Crippen LogP contribution in [0.3, 0.4) is 0 Å². The molecule has 0 spiro atoms. The fraction of sp³-hybridized carbons (Fsp3) is 0.333. The van der Waals surface area contributed by atoms with Crippen molar-refractivity contribution < 1.29 is 0 Å². The molecule has 0 saturated carbocycles. The van der Waals surface area contributed by atoms with E-state index in [0.717, 1.165) is 5.69 Å². The number of anilines is 1. The molecule has 7 heteroatoms. The maximum Gasteiger partial charge on any atom is 0.227 e. The number of halogens is 1. The summed E-state index contributed by atoms with van der Waals surface area (Å²) in [5.74, 6) is 0.531. The fourth-order valence-electron chi connectivity index (χ4n) is 1.49. The first-order valence-corrected chi connectivity index (χ1v) is 6.64. The summed E-state index contributed by atoms with van der Waals surface area (Å²) in [6.45, 7) is 4.49. The minimum Gasteiger partial charge on any atom is -0.352 e. The fourth-order valence-corrected chi connectivity index (χ4v) is 1.87. The van der Waals surface area contributed by atoms with Crippen molar-refractivity contribution in [2.75, 3.05) is 5.32 Å². The predicted molar refractivity (Wildman–Crippen MR) is 78.0 cm³/mol. The Morgan fingerprint density at radius 1 is 1.42 bits per heavy atom. The van der Waals surface area contributed by atoms with Crippen LogP contribution in [0.1, 0.15) is 19.5 Å². The molecule has 2 heterocycles. The lowest BCUT2D eigenvalue weighted by molar-refractivity contribution is 0.705. The molecule has 0 aliphatic heterocycles. The first-order valence-electron chi connectivity index (χ1n) is 5.85. The van der Waals surface area contributed by atoms with Crippen LogP contribution in [0, 0.1) is 4.77 Å². The van der Waals surface area contributed by atoms with Crippen molar-refractivity contribution in [3.05, 3.63) is 40.1 Å². The van der Waals surface area contributed by atoms with Gasteiger partial charge in [0.15, 0.2) is 0 Å². The van der Waals surface area contributed by atoms with Crippen LogP contribution in [0.15, 0.2) is 24.7 Å². The zero-order valence-corrected chi connectivity index (χ0v) is 12.2. The minimum atomic E-state index is 0.260. The molecule has 0 atom stereocenters. The zero-order chi connectivity index (χ0) is 13.8. The highest BCUT2D eigenvalue weighted by Gasteiger charge is 2.05. The Kier molecular flexibility index (Phi) is 4.44. The molecule has 1 N–H and O–H groups in total. The second-order valence-electron chi connectivity index (χ2n) is 4.32. The number of aromatic nitrogens is 4. The molecule has 19 heavy (non-hydrogen) atoms. The van der Waals surface area contributed by atoms with Gasteiger partial charge in [-0.2, -0.15) is 4.98 Å². The van der Waals surface area contributed by atoms with E-state index in [2.05, 4.69) is 20.3 Å². The van der Waals surface area contributed by atoms with E-state index in [1.54, 1.807) is 29.2 Å². The van der Waals surface area contributed by atoms with Crippen molar-refractivity contribution in [2.45, 2.75) is 26.4 Å². The number of hydrogen-bond acceptors (Lipinski definition) is 5. The van der Waals surface area contributed by atoms with Gasteiger partial charge in [-0.15, -0.1) is 0 Å². The van der Waals surface area contributed by atoms with Crippen LogP contribution >= 0.6 is 23.8 Å². The quantitative estimate of drug-likeness (QED) is 0.879. The van der Waals surface area contributed by atoms with E-state index < -0.39 is 0 Å². The Bertz CT molecular complexity index is 626. The topological polar surface area (TPSA) is 55.6 Å². The molecule has 0 radical (unpaired) electrons. The standard InChI is InChI=1S/C12H14ClN5S/c1-8(2)16-11-15-7-18(12(19)17-11)6-10-9(13)4-3-5-14-10/h3-5,7-8H,6H2,1-2H3,(H,16,17,19). The van der Waals surface area contributed by atoms with Crippen LogP contribution < -0.4 is 5.32 Å². The van der Waals surface area contributed by atoms with Gasteiger partial charge in [0, 0.05) is 12.2 Å². The highest BCUT2D eigenvalue weighted by atomic mass is 35.5. The minimum absolute atomic E-state index is 0.260. The average molecular weight is 296 g/mol. The lowest BCUT2D eigenvalue weighted by atomic mass is 10.3. The summed E-state index contributed by atoms with van der Waals surface area (Å²) in [5, 5.41) is 3.71. The van der Waals surface area contributed by atoms with Crippen LogP contribution in [0.5, 0.6) is 0 Å². The van der Waals surface area contributed by atoms with E-state index in [1.807, 2.05) is 13.8 Å². The van der Waals surface area contributed by atoms with Crippen molar-refractivity contribution in [1.29, 1.82) is 0 Å². The normalized spacial score (nSPS) is 10.7. The van der Waals surface area contributed by atoms with Crippen LogP contribution in [0.4, 0.5) is 5.95 Å². The molecular formula is C12H14ClN5S. The average Bonchev–Trinajstić information content (AvgIpc) is 2.34. The molecule has 2 aromatic rings. The van der Waals surface area contributed by atoms with Gasteiger partial charge in [0.2, 0.25) is 10.7 Å². The molecule has 2 aromatic heterocycles. The molecular weight excluding hydrogens is 282 g/mol. The van der Waals surface area contributed by atoms with Gasteiger partial charge in [0.25, 0.3) is 0 Å². The van der Waals surface area contributed by atoms with Gasteiger partial charge in [-0.25, -0.2) is 4.98 Å². The van der Waals surface area contributed by atoms with Gasteiger partial charge in [-0.3, -0.25) is 4.98 Å². The van der Waals surface area contributed by atoms with Crippen molar-refractivity contribution in [2.24, 2.45) is 0 Å². The predicted octanol–water partition coefficient (Wildman–Crippen LogP) is 2.92. The highest BCUT2D eigenvalue weighted by Crippen LogP contribution is 2.13. The summed E-state index contributed by atoms with van der Waals surface area (Å²) in [7, 11) is 0. The molecule has 0 aromatic carbocycles. The van der Waals surface area contributed by atoms with E-state index in [-0.39, 0.29) is 6.04 Å². The Morgan fingerprint density at radius 3 is 2.84 bits per heavy atom. The van der Waals surface area contributed by atoms with E-state index in [0.29, 0.717) is 22.3 Å². The monoisotopic (exact) mass is 295 g/mol. The third-order valence-corrected chi connectivity index (χ3v) is 3.01. The largest absolute Gasteiger partial charge is 0.352 e. The number of nitrogens with zero attached hydrogens (tertiary/aromatic N) is 4. The molecule has 0 amide bonds. The van der Waals surface area contributed by atoms with Gasteiger partial charge in [-0.1, -0.05) is 11.6 Å². The lowest BCUT2D eigenvalue weighted by Crippen LogP contribution is -2.15. The molecule has 0 bridgehead atoms. The Morgan fingerprint density at radius 2 is 2.21 bits per heavy atom. The third kappa shape index (κ3) is 3.71. The summed E-state index contributed by atoms with van der Waals surface area (Å²) < 4.78 is 2.18. The van der Waals surface area contributed by atoms with Crippen LogP contribution in [0.25, 0.3) is 0 Å². The Hall–Kier alpha value is -1.53. The van der Waals surface area contributed by atoms with Crippen LogP contribution in [0.2, 0.25) is 5.02 Å². The second-order valence-corrected chi connectivity index (χ2v) is 5.09. The van der Waals surface area contributed by atoms with Crippen LogP contribution in [-0.2, 0) is 6.54 Å². The first-order chi connectivity index (χ1) is 9.06. The number of hydrogen-bond donors (Lipinski definition) is 1. The zero-order valence-electron chi connectivity index (χ0n) is 10.7. The molecule has 0 saturated heterocycles. The highest BCUT2D eigenvalue weighted by molar-refractivity contribution is 7.71.